The van der Waals surface area contributed by atoms with Crippen LogP contribution in [-0.4, -0.2) is 17.6 Å². The van der Waals surface area contributed by atoms with Gasteiger partial charge < -0.3 is 5.32 Å². The summed E-state index contributed by atoms with van der Waals surface area (Å²) in [4.78, 5) is 16.2. The molecule has 5 rings (SSSR count). The van der Waals surface area contributed by atoms with Crippen molar-refractivity contribution in [2.75, 3.05) is 11.9 Å². The van der Waals surface area contributed by atoms with Crippen LogP contribution in [0.15, 0.2) is 18.3 Å². The van der Waals surface area contributed by atoms with Gasteiger partial charge in [-0.1, -0.05) is 11.6 Å². The van der Waals surface area contributed by atoms with Crippen molar-refractivity contribution >= 4 is 23.4 Å². The summed E-state index contributed by atoms with van der Waals surface area (Å²) in [5, 5.41) is 6.42. The zero-order chi connectivity index (χ0) is 15.2. The topological polar surface area (TPSA) is 54.0 Å². The molecule has 2 N–H and O–H groups in total. The maximum absolute atomic E-state index is 12.1. The first-order valence-corrected chi connectivity index (χ1v) is 8.64. The van der Waals surface area contributed by atoms with Crippen LogP contribution in [0.1, 0.15) is 38.5 Å². The van der Waals surface area contributed by atoms with Crippen molar-refractivity contribution < 1.29 is 4.79 Å². The Morgan fingerprint density at radius 3 is 2.45 bits per heavy atom. The van der Waals surface area contributed by atoms with Gasteiger partial charge in [-0.05, 0) is 73.8 Å². The number of amides is 2. The van der Waals surface area contributed by atoms with E-state index >= 15 is 0 Å². The SMILES string of the molecule is O=C(NCC12CC3CC(CC(C3)C1)C2)Nc1cc(Cl)ccn1. The van der Waals surface area contributed by atoms with Crippen LogP contribution in [0, 0.1) is 23.2 Å². The fourth-order valence-electron chi connectivity index (χ4n) is 5.41. The summed E-state index contributed by atoms with van der Waals surface area (Å²) in [6.07, 6.45) is 9.78. The van der Waals surface area contributed by atoms with Gasteiger partial charge >= 0.3 is 6.03 Å². The fourth-order valence-corrected chi connectivity index (χ4v) is 5.57. The number of halogens is 1. The van der Waals surface area contributed by atoms with Gasteiger partial charge in [0.05, 0.1) is 0 Å². The van der Waals surface area contributed by atoms with Crippen LogP contribution in [0.5, 0.6) is 0 Å². The van der Waals surface area contributed by atoms with Gasteiger partial charge in [-0.3, -0.25) is 5.32 Å². The van der Waals surface area contributed by atoms with E-state index < -0.39 is 0 Å². The van der Waals surface area contributed by atoms with E-state index in [2.05, 4.69) is 15.6 Å². The van der Waals surface area contributed by atoms with Gasteiger partial charge in [0.25, 0.3) is 0 Å². The van der Waals surface area contributed by atoms with Gasteiger partial charge in [0.15, 0.2) is 0 Å². The molecule has 4 aliphatic carbocycles. The van der Waals surface area contributed by atoms with Gasteiger partial charge in [0.1, 0.15) is 5.82 Å². The Kier molecular flexibility index (Phi) is 3.52. The quantitative estimate of drug-likeness (QED) is 0.882. The lowest BCUT2D eigenvalue weighted by Gasteiger charge is -2.56. The van der Waals surface area contributed by atoms with Crippen LogP contribution in [-0.2, 0) is 0 Å². The third-order valence-electron chi connectivity index (χ3n) is 5.75. The van der Waals surface area contributed by atoms with Gasteiger partial charge in [0, 0.05) is 17.8 Å². The monoisotopic (exact) mass is 319 g/mol. The average molecular weight is 320 g/mol. The number of hydrogen-bond acceptors (Lipinski definition) is 2. The van der Waals surface area contributed by atoms with E-state index in [-0.39, 0.29) is 6.03 Å². The molecule has 1 aromatic rings. The number of aromatic nitrogens is 1. The Hall–Kier alpha value is -1.29. The summed E-state index contributed by atoms with van der Waals surface area (Å²) in [7, 11) is 0. The Bertz CT molecular complexity index is 554. The maximum atomic E-state index is 12.1. The minimum Gasteiger partial charge on any atom is -0.337 e. The Balaban J connectivity index is 1.35. The molecule has 5 heteroatoms. The second kappa shape index (κ2) is 5.41. The molecule has 4 fully saturated rings. The average Bonchev–Trinajstić information content (AvgIpc) is 2.44. The molecule has 0 radical (unpaired) electrons. The highest BCUT2D eigenvalue weighted by Crippen LogP contribution is 2.59. The largest absolute Gasteiger partial charge is 0.337 e. The molecular formula is C17H22ClN3O. The van der Waals surface area contributed by atoms with E-state index in [0.29, 0.717) is 16.3 Å². The van der Waals surface area contributed by atoms with E-state index in [4.69, 9.17) is 11.6 Å². The number of nitrogens with zero attached hydrogens (tertiary/aromatic N) is 1. The molecule has 4 saturated carbocycles. The normalized spacial score (nSPS) is 35.4. The van der Waals surface area contributed by atoms with Crippen LogP contribution < -0.4 is 10.6 Å². The third-order valence-corrected chi connectivity index (χ3v) is 5.99. The van der Waals surface area contributed by atoms with Crippen LogP contribution in [0.25, 0.3) is 0 Å². The molecule has 0 unspecified atom stereocenters. The molecule has 118 valence electrons. The zero-order valence-corrected chi connectivity index (χ0v) is 13.4. The smallest absolute Gasteiger partial charge is 0.320 e. The van der Waals surface area contributed by atoms with Crippen molar-refractivity contribution in [1.29, 1.82) is 0 Å². The first-order valence-electron chi connectivity index (χ1n) is 8.27. The lowest BCUT2D eigenvalue weighted by atomic mass is 9.49. The van der Waals surface area contributed by atoms with Crippen molar-refractivity contribution in [3.8, 4) is 0 Å². The molecule has 0 atom stereocenters. The van der Waals surface area contributed by atoms with Crippen LogP contribution in [0.3, 0.4) is 0 Å². The van der Waals surface area contributed by atoms with Gasteiger partial charge in [-0.2, -0.15) is 0 Å². The highest BCUT2D eigenvalue weighted by Gasteiger charge is 2.50. The van der Waals surface area contributed by atoms with Crippen molar-refractivity contribution in [3.05, 3.63) is 23.4 Å². The van der Waals surface area contributed by atoms with Crippen LogP contribution in [0.4, 0.5) is 10.6 Å². The highest BCUT2D eigenvalue weighted by atomic mass is 35.5. The standard InChI is InChI=1S/C17H22ClN3O/c18-14-1-2-19-15(6-14)21-16(22)20-10-17-7-11-3-12(8-17)5-13(4-11)9-17/h1-2,6,11-13H,3-5,7-10H2,(H2,19,20,21,22). The molecule has 2 amide bonds. The van der Waals surface area contributed by atoms with E-state index in [1.54, 1.807) is 18.3 Å². The Morgan fingerprint density at radius 1 is 1.23 bits per heavy atom. The predicted octanol–water partition coefficient (Wildman–Crippen LogP) is 4.07. The molecule has 0 saturated heterocycles. The number of nitrogens with one attached hydrogen (secondary N) is 2. The van der Waals surface area contributed by atoms with E-state index in [9.17, 15) is 4.79 Å². The molecule has 4 nitrogen and oxygen atoms in total. The van der Waals surface area contributed by atoms with Gasteiger partial charge in [-0.15, -0.1) is 0 Å². The number of carbonyl (C=O) groups is 1. The maximum Gasteiger partial charge on any atom is 0.320 e. The molecule has 0 aliphatic heterocycles. The molecule has 0 aromatic carbocycles. The molecule has 4 bridgehead atoms. The number of rotatable bonds is 3. The number of urea groups is 1. The van der Waals surface area contributed by atoms with E-state index in [1.807, 2.05) is 0 Å². The number of anilines is 1. The molecular weight excluding hydrogens is 298 g/mol. The second-order valence-electron chi connectivity index (χ2n) is 7.58. The first kappa shape index (κ1) is 14.3. The number of carbonyl (C=O) groups excluding carboxylic acids is 1. The minimum absolute atomic E-state index is 0.175. The van der Waals surface area contributed by atoms with Crippen LogP contribution >= 0.6 is 11.6 Å². The predicted molar refractivity (Wildman–Crippen MR) is 86.9 cm³/mol. The summed E-state index contributed by atoms with van der Waals surface area (Å²) in [6.45, 7) is 0.795. The Morgan fingerprint density at radius 2 is 1.86 bits per heavy atom. The van der Waals surface area contributed by atoms with Crippen LogP contribution in [0.2, 0.25) is 5.02 Å². The summed E-state index contributed by atoms with van der Waals surface area (Å²) < 4.78 is 0. The van der Waals surface area contributed by atoms with Crippen molar-refractivity contribution in [3.63, 3.8) is 0 Å². The van der Waals surface area contributed by atoms with Crippen molar-refractivity contribution in [2.24, 2.45) is 23.2 Å². The number of pyridine rings is 1. The molecule has 22 heavy (non-hydrogen) atoms. The van der Waals surface area contributed by atoms with E-state index in [1.165, 1.54) is 38.5 Å². The van der Waals surface area contributed by atoms with Gasteiger partial charge in [-0.25, -0.2) is 9.78 Å². The zero-order valence-electron chi connectivity index (χ0n) is 12.6. The fraction of sp³-hybridized carbons (Fsp3) is 0.647. The summed E-state index contributed by atoms with van der Waals surface area (Å²) >= 11 is 5.90. The lowest BCUT2D eigenvalue weighted by Crippen LogP contribution is -2.51. The molecule has 4 aliphatic rings. The van der Waals surface area contributed by atoms with Gasteiger partial charge in [0.2, 0.25) is 0 Å². The Labute approximate surface area is 136 Å². The molecule has 0 spiro atoms. The minimum atomic E-state index is -0.175. The molecule has 1 heterocycles. The summed E-state index contributed by atoms with van der Waals surface area (Å²) in [5.74, 6) is 3.22. The number of hydrogen-bond donors (Lipinski definition) is 2. The van der Waals surface area contributed by atoms with E-state index in [0.717, 1.165) is 24.3 Å². The van der Waals surface area contributed by atoms with Crippen molar-refractivity contribution in [1.82, 2.24) is 10.3 Å². The first-order chi connectivity index (χ1) is 10.6. The molecule has 1 aromatic heterocycles. The second-order valence-corrected chi connectivity index (χ2v) is 8.02. The lowest BCUT2D eigenvalue weighted by molar-refractivity contribution is -0.0496. The summed E-state index contributed by atoms with van der Waals surface area (Å²) in [5.41, 5.74) is 0.355. The van der Waals surface area contributed by atoms with Crippen molar-refractivity contribution in [2.45, 2.75) is 38.5 Å². The highest BCUT2D eigenvalue weighted by molar-refractivity contribution is 6.30. The third kappa shape index (κ3) is 2.81. The summed E-state index contributed by atoms with van der Waals surface area (Å²) in [6, 6.07) is 3.18.